The number of rotatable bonds is 5. The van der Waals surface area contributed by atoms with Gasteiger partial charge in [0, 0.05) is 12.6 Å². The molecule has 2 aromatic rings. The first kappa shape index (κ1) is 14.1. The lowest BCUT2D eigenvalue weighted by molar-refractivity contribution is 0.291. The van der Waals surface area contributed by atoms with E-state index in [0.717, 1.165) is 24.4 Å². The largest absolute Gasteiger partial charge is 0.487 e. The molecule has 104 valence electrons. The zero-order chi connectivity index (χ0) is 14.5. The number of aryl methyl sites for hydroxylation is 2. The molecule has 0 fully saturated rings. The fourth-order valence-corrected chi connectivity index (χ4v) is 1.91. The van der Waals surface area contributed by atoms with E-state index in [0.29, 0.717) is 12.4 Å². The van der Waals surface area contributed by atoms with Gasteiger partial charge in [-0.3, -0.25) is 4.68 Å². The normalized spacial score (nSPS) is 10.3. The van der Waals surface area contributed by atoms with Gasteiger partial charge in [0.25, 0.3) is 0 Å². The van der Waals surface area contributed by atoms with Crippen LogP contribution in [0.4, 0.5) is 4.39 Å². The van der Waals surface area contributed by atoms with E-state index in [1.54, 1.807) is 12.1 Å². The number of halogens is 1. The number of aromatic nitrogens is 2. The van der Waals surface area contributed by atoms with E-state index in [9.17, 15) is 4.39 Å². The standard InChI is InChI=1S/C15H16FN3O/c1-3-12-7-13(19(4-2)18-12)10-20-14-6-5-11(9-17)15(16)8-14/h5-8H,3-4,10H2,1-2H3. The van der Waals surface area contributed by atoms with Crippen LogP contribution in [0.2, 0.25) is 0 Å². The van der Waals surface area contributed by atoms with Crippen LogP contribution in [0.15, 0.2) is 24.3 Å². The molecule has 5 heteroatoms. The summed E-state index contributed by atoms with van der Waals surface area (Å²) in [5.74, 6) is -0.161. The van der Waals surface area contributed by atoms with E-state index in [1.807, 2.05) is 24.6 Å². The van der Waals surface area contributed by atoms with Crippen LogP contribution >= 0.6 is 0 Å². The molecule has 4 nitrogen and oxygen atoms in total. The quantitative estimate of drug-likeness (QED) is 0.841. The fourth-order valence-electron chi connectivity index (χ4n) is 1.91. The monoisotopic (exact) mass is 273 g/mol. The molecule has 0 aliphatic rings. The van der Waals surface area contributed by atoms with Crippen molar-refractivity contribution >= 4 is 0 Å². The Bertz CT molecular complexity index is 643. The fraction of sp³-hybridized carbons (Fsp3) is 0.333. The van der Waals surface area contributed by atoms with E-state index >= 15 is 0 Å². The minimum Gasteiger partial charge on any atom is -0.487 e. The van der Waals surface area contributed by atoms with E-state index in [1.165, 1.54) is 12.1 Å². The van der Waals surface area contributed by atoms with Crippen molar-refractivity contribution in [3.05, 3.63) is 47.0 Å². The molecule has 0 saturated heterocycles. The van der Waals surface area contributed by atoms with Gasteiger partial charge in [0.15, 0.2) is 0 Å². The SMILES string of the molecule is CCc1cc(COc2ccc(C#N)c(F)c2)n(CC)n1. The lowest BCUT2D eigenvalue weighted by Gasteiger charge is -2.08. The first-order chi connectivity index (χ1) is 9.67. The van der Waals surface area contributed by atoms with Crippen LogP contribution in [0.25, 0.3) is 0 Å². The molecule has 0 unspecified atom stereocenters. The summed E-state index contributed by atoms with van der Waals surface area (Å²) in [5, 5.41) is 13.1. The molecule has 2 rings (SSSR count). The van der Waals surface area contributed by atoms with Gasteiger partial charge in [0.1, 0.15) is 24.2 Å². The Morgan fingerprint density at radius 3 is 2.75 bits per heavy atom. The Hall–Kier alpha value is -2.35. The Kier molecular flexibility index (Phi) is 4.36. The Morgan fingerprint density at radius 2 is 2.15 bits per heavy atom. The van der Waals surface area contributed by atoms with Crippen LogP contribution in [0.5, 0.6) is 5.75 Å². The molecule has 1 aromatic carbocycles. The molecule has 0 atom stereocenters. The number of ether oxygens (including phenoxy) is 1. The maximum Gasteiger partial charge on any atom is 0.144 e. The smallest absolute Gasteiger partial charge is 0.144 e. The molecule has 0 amide bonds. The average Bonchev–Trinajstić information content (AvgIpc) is 2.87. The van der Waals surface area contributed by atoms with Gasteiger partial charge in [-0.1, -0.05) is 6.92 Å². The van der Waals surface area contributed by atoms with Gasteiger partial charge in [0.05, 0.1) is 17.0 Å². The number of hydrogen-bond acceptors (Lipinski definition) is 3. The highest BCUT2D eigenvalue weighted by molar-refractivity contribution is 5.36. The van der Waals surface area contributed by atoms with E-state index in [2.05, 4.69) is 5.10 Å². The van der Waals surface area contributed by atoms with Gasteiger partial charge >= 0.3 is 0 Å². The zero-order valence-electron chi connectivity index (χ0n) is 11.6. The zero-order valence-corrected chi connectivity index (χ0v) is 11.6. The first-order valence-corrected chi connectivity index (χ1v) is 6.56. The van der Waals surface area contributed by atoms with Crippen molar-refractivity contribution in [1.82, 2.24) is 9.78 Å². The summed E-state index contributed by atoms with van der Waals surface area (Å²) in [6.45, 7) is 5.15. The predicted molar refractivity (Wildman–Crippen MR) is 72.7 cm³/mol. The summed E-state index contributed by atoms with van der Waals surface area (Å²) in [5.41, 5.74) is 1.98. The molecular weight excluding hydrogens is 257 g/mol. The van der Waals surface area contributed by atoms with Crippen molar-refractivity contribution in [2.75, 3.05) is 0 Å². The topological polar surface area (TPSA) is 50.8 Å². The van der Waals surface area contributed by atoms with Crippen molar-refractivity contribution in [2.45, 2.75) is 33.4 Å². The third-order valence-electron chi connectivity index (χ3n) is 3.02. The molecule has 1 aromatic heterocycles. The van der Waals surface area contributed by atoms with Crippen LogP contribution in [0, 0.1) is 17.1 Å². The molecule has 0 aliphatic carbocycles. The van der Waals surface area contributed by atoms with Crippen molar-refractivity contribution in [2.24, 2.45) is 0 Å². The Labute approximate surface area is 117 Å². The number of benzene rings is 1. The van der Waals surface area contributed by atoms with Gasteiger partial charge in [0.2, 0.25) is 0 Å². The number of hydrogen-bond donors (Lipinski definition) is 0. The Morgan fingerprint density at radius 1 is 1.35 bits per heavy atom. The minimum atomic E-state index is -0.566. The van der Waals surface area contributed by atoms with Crippen LogP contribution in [0.3, 0.4) is 0 Å². The first-order valence-electron chi connectivity index (χ1n) is 6.56. The van der Waals surface area contributed by atoms with E-state index in [4.69, 9.17) is 10.00 Å². The van der Waals surface area contributed by atoms with Gasteiger partial charge in [-0.05, 0) is 31.5 Å². The molecule has 1 heterocycles. The van der Waals surface area contributed by atoms with Crippen molar-refractivity contribution in [3.8, 4) is 11.8 Å². The van der Waals surface area contributed by atoms with Crippen molar-refractivity contribution < 1.29 is 9.13 Å². The lowest BCUT2D eigenvalue weighted by Crippen LogP contribution is -2.06. The molecule has 0 radical (unpaired) electrons. The number of nitrogens with zero attached hydrogens (tertiary/aromatic N) is 3. The maximum atomic E-state index is 13.5. The summed E-state index contributed by atoms with van der Waals surface area (Å²) < 4.78 is 20.9. The highest BCUT2D eigenvalue weighted by Crippen LogP contribution is 2.18. The average molecular weight is 273 g/mol. The van der Waals surface area contributed by atoms with E-state index < -0.39 is 5.82 Å². The maximum absolute atomic E-state index is 13.5. The second-order valence-corrected chi connectivity index (χ2v) is 4.34. The Balaban J connectivity index is 2.10. The molecule has 0 N–H and O–H groups in total. The van der Waals surface area contributed by atoms with Crippen molar-refractivity contribution in [1.29, 1.82) is 5.26 Å². The molecule has 20 heavy (non-hydrogen) atoms. The highest BCUT2D eigenvalue weighted by atomic mass is 19.1. The molecule has 0 aliphatic heterocycles. The molecule has 0 spiro atoms. The third-order valence-corrected chi connectivity index (χ3v) is 3.02. The highest BCUT2D eigenvalue weighted by Gasteiger charge is 2.08. The van der Waals surface area contributed by atoms with Gasteiger partial charge < -0.3 is 4.74 Å². The molecular formula is C15H16FN3O. The van der Waals surface area contributed by atoms with Crippen LogP contribution in [-0.2, 0) is 19.6 Å². The molecule has 0 saturated carbocycles. The second kappa shape index (κ2) is 6.20. The lowest BCUT2D eigenvalue weighted by atomic mass is 10.2. The van der Waals surface area contributed by atoms with Gasteiger partial charge in [-0.25, -0.2) is 4.39 Å². The van der Waals surface area contributed by atoms with Gasteiger partial charge in [-0.2, -0.15) is 10.4 Å². The minimum absolute atomic E-state index is 0.0178. The van der Waals surface area contributed by atoms with Crippen LogP contribution < -0.4 is 4.74 Å². The van der Waals surface area contributed by atoms with Gasteiger partial charge in [-0.15, -0.1) is 0 Å². The third kappa shape index (κ3) is 2.97. The predicted octanol–water partition coefficient (Wildman–Crippen LogP) is 3.06. The van der Waals surface area contributed by atoms with Crippen LogP contribution in [0.1, 0.15) is 30.8 Å². The van der Waals surface area contributed by atoms with Crippen molar-refractivity contribution in [3.63, 3.8) is 0 Å². The number of nitriles is 1. The summed E-state index contributed by atoms with van der Waals surface area (Å²) in [4.78, 5) is 0. The summed E-state index contributed by atoms with van der Waals surface area (Å²) in [6.07, 6.45) is 0.867. The van der Waals surface area contributed by atoms with Crippen LogP contribution in [-0.4, -0.2) is 9.78 Å². The summed E-state index contributed by atoms with van der Waals surface area (Å²) in [6, 6.07) is 8.01. The summed E-state index contributed by atoms with van der Waals surface area (Å²) in [7, 11) is 0. The molecule has 0 bridgehead atoms. The second-order valence-electron chi connectivity index (χ2n) is 4.34. The van der Waals surface area contributed by atoms with E-state index in [-0.39, 0.29) is 5.56 Å². The summed E-state index contributed by atoms with van der Waals surface area (Å²) >= 11 is 0.